The van der Waals surface area contributed by atoms with E-state index in [0.29, 0.717) is 0 Å². The molecule has 1 unspecified atom stereocenters. The van der Waals surface area contributed by atoms with Crippen molar-refractivity contribution >= 4 is 33.1 Å². The van der Waals surface area contributed by atoms with Gasteiger partial charge in [0.25, 0.3) is 0 Å². The number of hydrogen-bond acceptors (Lipinski definition) is 1. The van der Waals surface area contributed by atoms with Crippen LogP contribution in [0, 0.1) is 0 Å². The number of aromatic nitrogens is 1. The van der Waals surface area contributed by atoms with Crippen molar-refractivity contribution in [3.8, 4) is 38.4 Å². The fraction of sp³-hybridized carbons (Fsp3) is 0.0244. The molecule has 0 radical (unpaired) electrons. The van der Waals surface area contributed by atoms with Gasteiger partial charge in [0, 0.05) is 15.6 Å². The van der Waals surface area contributed by atoms with Crippen LogP contribution < -0.4 is 0 Å². The quantitative estimate of drug-likeness (QED) is 0.197. The molecule has 0 amide bonds. The lowest BCUT2D eigenvalue weighted by molar-refractivity contribution is 0.748. The Morgan fingerprint density at radius 1 is 0.465 bits per heavy atom. The Labute approximate surface area is 253 Å². The normalized spacial score (nSPS) is 16.0. The van der Waals surface area contributed by atoms with Crippen molar-refractivity contribution in [2.24, 2.45) is 0 Å². The second-order valence-electron chi connectivity index (χ2n) is 11.6. The molecule has 2 aliphatic rings. The van der Waals surface area contributed by atoms with Crippen molar-refractivity contribution in [2.75, 3.05) is 0 Å². The first-order chi connectivity index (χ1) is 21.4. The van der Waals surface area contributed by atoms with Crippen LogP contribution in [0.3, 0.4) is 0 Å². The second-order valence-corrected chi connectivity index (χ2v) is 12.6. The molecular formula is C41H25NS. The summed E-state index contributed by atoms with van der Waals surface area (Å²) in [6.07, 6.45) is 0. The third kappa shape index (κ3) is 2.87. The molecular weight excluding hydrogens is 539 g/mol. The molecule has 1 aliphatic carbocycles. The van der Waals surface area contributed by atoms with E-state index in [1.165, 1.54) is 82.4 Å². The molecule has 0 saturated heterocycles. The van der Waals surface area contributed by atoms with E-state index in [2.05, 4.69) is 156 Å². The second kappa shape index (κ2) is 8.44. The summed E-state index contributed by atoms with van der Waals surface area (Å²) in [5.74, 6) is 0. The Kier molecular flexibility index (Phi) is 4.59. The molecule has 0 N–H and O–H groups in total. The Bertz CT molecular complexity index is 2390. The number of thiophene rings is 1. The monoisotopic (exact) mass is 563 g/mol. The number of fused-ring (bicyclic) bond motifs is 12. The molecule has 1 nitrogen and oxygen atoms in total. The molecule has 0 fully saturated rings. The molecule has 0 bridgehead atoms. The standard InChI is InChI=1S/C41H25NS/c1-3-14-32-31(11-1)39-28(26-21-23-27(24-22-26)38-20-9-25-43-38)12-7-16-34(39)41(32)33-15-4-6-19-37(33)42-36-18-5-2-10-29(36)30-13-8-17-35(41)40(30)42/h1-25H. The molecule has 1 spiro atoms. The van der Waals surface area contributed by atoms with Crippen molar-refractivity contribution in [1.29, 1.82) is 0 Å². The molecule has 8 aromatic rings. The van der Waals surface area contributed by atoms with E-state index >= 15 is 0 Å². The Hall–Kier alpha value is -5.18. The predicted octanol–water partition coefficient (Wildman–Crippen LogP) is 10.9. The highest BCUT2D eigenvalue weighted by Crippen LogP contribution is 2.62. The van der Waals surface area contributed by atoms with Gasteiger partial charge in [0.15, 0.2) is 0 Å². The highest BCUT2D eigenvalue weighted by atomic mass is 32.1. The molecule has 6 aromatic carbocycles. The number of benzene rings is 6. The van der Waals surface area contributed by atoms with Crippen LogP contribution >= 0.6 is 11.3 Å². The summed E-state index contributed by atoms with van der Waals surface area (Å²) in [5, 5.41) is 4.76. The predicted molar refractivity (Wildman–Crippen MR) is 180 cm³/mol. The van der Waals surface area contributed by atoms with Gasteiger partial charge in [-0.25, -0.2) is 0 Å². The fourth-order valence-electron chi connectivity index (χ4n) is 8.11. The van der Waals surface area contributed by atoms with E-state index in [1.54, 1.807) is 11.3 Å². The summed E-state index contributed by atoms with van der Waals surface area (Å²) in [5.41, 5.74) is 15.3. The molecule has 1 atom stereocenters. The van der Waals surface area contributed by atoms with Gasteiger partial charge < -0.3 is 4.57 Å². The summed E-state index contributed by atoms with van der Waals surface area (Å²) >= 11 is 1.79. The van der Waals surface area contributed by atoms with Crippen LogP contribution in [-0.2, 0) is 5.41 Å². The lowest BCUT2D eigenvalue weighted by Crippen LogP contribution is -2.33. The highest BCUT2D eigenvalue weighted by Gasteiger charge is 2.51. The van der Waals surface area contributed by atoms with Gasteiger partial charge in [-0.3, -0.25) is 0 Å². The SMILES string of the molecule is c1csc(-c2ccc(-c3cccc4c3-c3ccccc3C43c4ccccc4-n4c5ccccc5c5cccc3c54)cc2)c1. The molecule has 2 heteroatoms. The molecule has 3 heterocycles. The molecule has 10 rings (SSSR count). The van der Waals surface area contributed by atoms with Crippen molar-refractivity contribution in [1.82, 2.24) is 4.57 Å². The lowest BCUT2D eigenvalue weighted by Gasteiger charge is -2.39. The van der Waals surface area contributed by atoms with E-state index < -0.39 is 5.41 Å². The van der Waals surface area contributed by atoms with Crippen molar-refractivity contribution in [2.45, 2.75) is 5.41 Å². The van der Waals surface area contributed by atoms with Gasteiger partial charge in [-0.15, -0.1) is 11.3 Å². The van der Waals surface area contributed by atoms with Gasteiger partial charge in [0.2, 0.25) is 0 Å². The van der Waals surface area contributed by atoms with Crippen LogP contribution in [0.25, 0.3) is 60.2 Å². The summed E-state index contributed by atoms with van der Waals surface area (Å²) < 4.78 is 2.51. The molecule has 1 aliphatic heterocycles. The van der Waals surface area contributed by atoms with Gasteiger partial charge in [-0.1, -0.05) is 127 Å². The Balaban J connectivity index is 1.34. The smallest absolute Gasteiger partial charge is 0.0754 e. The van der Waals surface area contributed by atoms with E-state index in [-0.39, 0.29) is 0 Å². The van der Waals surface area contributed by atoms with Crippen LogP contribution in [0.2, 0.25) is 0 Å². The molecule has 43 heavy (non-hydrogen) atoms. The lowest BCUT2D eigenvalue weighted by atomic mass is 9.65. The van der Waals surface area contributed by atoms with Gasteiger partial charge in [0.1, 0.15) is 0 Å². The number of nitrogens with zero attached hydrogens (tertiary/aromatic N) is 1. The van der Waals surface area contributed by atoms with Gasteiger partial charge in [-0.2, -0.15) is 0 Å². The van der Waals surface area contributed by atoms with E-state index in [1.807, 2.05) is 0 Å². The average molecular weight is 564 g/mol. The number of rotatable bonds is 2. The first kappa shape index (κ1) is 23.4. The largest absolute Gasteiger partial charge is 0.309 e. The third-order valence-electron chi connectivity index (χ3n) is 9.72. The Morgan fingerprint density at radius 2 is 1.14 bits per heavy atom. The maximum absolute atomic E-state index is 2.51. The van der Waals surface area contributed by atoms with E-state index in [4.69, 9.17) is 0 Å². The zero-order chi connectivity index (χ0) is 28.1. The zero-order valence-electron chi connectivity index (χ0n) is 23.3. The Morgan fingerprint density at radius 3 is 2.02 bits per heavy atom. The van der Waals surface area contributed by atoms with Crippen molar-refractivity contribution < 1.29 is 0 Å². The van der Waals surface area contributed by atoms with E-state index in [9.17, 15) is 0 Å². The summed E-state index contributed by atoms with van der Waals surface area (Å²) in [6.45, 7) is 0. The van der Waals surface area contributed by atoms with E-state index in [0.717, 1.165) is 0 Å². The minimum Gasteiger partial charge on any atom is -0.309 e. The molecule has 2 aromatic heterocycles. The average Bonchev–Trinajstić information content (AvgIpc) is 3.80. The highest BCUT2D eigenvalue weighted by molar-refractivity contribution is 7.13. The molecule has 200 valence electrons. The fourth-order valence-corrected chi connectivity index (χ4v) is 8.84. The minimum atomic E-state index is -0.417. The van der Waals surface area contributed by atoms with Crippen LogP contribution in [0.4, 0.5) is 0 Å². The van der Waals surface area contributed by atoms with Crippen LogP contribution in [0.5, 0.6) is 0 Å². The summed E-state index contributed by atoms with van der Waals surface area (Å²) in [6, 6.07) is 54.4. The summed E-state index contributed by atoms with van der Waals surface area (Å²) in [4.78, 5) is 1.30. The summed E-state index contributed by atoms with van der Waals surface area (Å²) in [7, 11) is 0. The van der Waals surface area contributed by atoms with Crippen LogP contribution in [0.1, 0.15) is 22.3 Å². The topological polar surface area (TPSA) is 4.93 Å². The van der Waals surface area contributed by atoms with Gasteiger partial charge in [-0.05, 0) is 73.7 Å². The zero-order valence-corrected chi connectivity index (χ0v) is 24.1. The van der Waals surface area contributed by atoms with Crippen molar-refractivity contribution in [3.05, 3.63) is 173 Å². The molecule has 0 saturated carbocycles. The third-order valence-corrected chi connectivity index (χ3v) is 10.6. The van der Waals surface area contributed by atoms with Crippen molar-refractivity contribution in [3.63, 3.8) is 0 Å². The van der Waals surface area contributed by atoms with Gasteiger partial charge in [0.05, 0.1) is 22.1 Å². The van der Waals surface area contributed by atoms with Crippen LogP contribution in [-0.4, -0.2) is 4.57 Å². The minimum absolute atomic E-state index is 0.417. The maximum Gasteiger partial charge on any atom is 0.0754 e. The first-order valence-electron chi connectivity index (χ1n) is 14.9. The number of para-hydroxylation sites is 3. The van der Waals surface area contributed by atoms with Crippen LogP contribution in [0.15, 0.2) is 151 Å². The maximum atomic E-state index is 2.51. The van der Waals surface area contributed by atoms with Gasteiger partial charge >= 0.3 is 0 Å². The first-order valence-corrected chi connectivity index (χ1v) is 15.7. The number of hydrogen-bond donors (Lipinski definition) is 0.